The largest absolute Gasteiger partial charge is 0.449 e. The van der Waals surface area contributed by atoms with Crippen molar-refractivity contribution in [3.63, 3.8) is 0 Å². The van der Waals surface area contributed by atoms with Crippen LogP contribution in [0.3, 0.4) is 0 Å². The first-order valence-electron chi connectivity index (χ1n) is 31.4. The van der Waals surface area contributed by atoms with Crippen LogP contribution >= 0.6 is 95.2 Å². The van der Waals surface area contributed by atoms with E-state index < -0.39 is 22.7 Å². The highest BCUT2D eigenvalue weighted by molar-refractivity contribution is 8.03. The molecule has 0 aromatic carbocycles. The van der Waals surface area contributed by atoms with Crippen LogP contribution in [0.4, 0.5) is 36.2 Å². The van der Waals surface area contributed by atoms with Gasteiger partial charge in [0, 0.05) is 118 Å². The Morgan fingerprint density at radius 3 is 1.16 bits per heavy atom. The molecule has 1 rings (SSSR count). The lowest BCUT2D eigenvalue weighted by Crippen LogP contribution is -2.33. The van der Waals surface area contributed by atoms with E-state index in [2.05, 4.69) is 175 Å². The van der Waals surface area contributed by atoms with Gasteiger partial charge >= 0.3 is 5.97 Å². The second kappa shape index (κ2) is 117. The molecule has 0 N–H and O–H groups in total. The average molecular weight is 1680 g/mol. The van der Waals surface area contributed by atoms with E-state index in [0.29, 0.717) is 121 Å². The molecule has 0 saturated heterocycles. The smallest absolute Gasteiger partial charge is 0.307 e. The second-order valence-electron chi connectivity index (χ2n) is 17.7. The van der Waals surface area contributed by atoms with Gasteiger partial charge in [-0.25, -0.2) is 0 Å². The molecule has 1 aliphatic rings. The molecule has 0 fully saturated rings. The minimum atomic E-state index is -0.865. The Hall–Kier alpha value is -1.69. The van der Waals surface area contributed by atoms with Gasteiger partial charge in [0.05, 0.1) is 116 Å². The van der Waals surface area contributed by atoms with Crippen LogP contribution in [0.1, 0.15) is 52.4 Å². The number of hydrogen-bond acceptors (Lipinski definition) is 32. The molecule has 0 heterocycles. The van der Waals surface area contributed by atoms with E-state index in [-0.39, 0.29) is 147 Å². The zero-order valence-electron chi connectivity index (χ0n) is 60.3. The summed E-state index contributed by atoms with van der Waals surface area (Å²) < 4.78 is 176. The Kier molecular flexibility index (Phi) is 136. The summed E-state index contributed by atoms with van der Waals surface area (Å²) in [6.07, 6.45) is 4.18. The van der Waals surface area contributed by atoms with Gasteiger partial charge in [-0.15, -0.1) is 123 Å². The molecule has 40 heteroatoms. The Balaban J connectivity index is -0.000000349. The summed E-state index contributed by atoms with van der Waals surface area (Å²) in [4.78, 5) is 25.6. The molecular formula is C64H116F8O24S8. The Labute approximate surface area is 647 Å². The van der Waals surface area contributed by atoms with Gasteiger partial charge in [0.25, 0.3) is 0 Å². The lowest BCUT2D eigenvalue weighted by atomic mass is 10.1. The van der Waals surface area contributed by atoms with Gasteiger partial charge in [-0.3, -0.25) is 4.79 Å². The third-order valence-electron chi connectivity index (χ3n) is 10.2. The minimum absolute atomic E-state index is 0.0203. The fourth-order valence-electron chi connectivity index (χ4n) is 6.33. The first kappa shape index (κ1) is 121. The maximum absolute atomic E-state index is 12.3. The van der Waals surface area contributed by atoms with E-state index in [0.717, 1.165) is 19.3 Å². The van der Waals surface area contributed by atoms with Gasteiger partial charge in [-0.2, -0.15) is 66.8 Å². The number of rotatable bonds is 67. The standard InChI is InChI=1S/C35H64F8O22S8.C13H20O2.8C2H4/c36-54-5-1-44-9-13-66-25-32(68-15-11-46-3-7-56-38)21-48-17-30(52-23-33(69-16-12-47-4-8-57-39)26-67-14-10-45-2-6-55-37)19-50-29-51-20-31(53-24-35(73-65-61-43)28-71-63-59-41)18-49-22-34(72-64-60-42)27-70-62-58-40;1-11(2)10-13(14)15-12-8-6-4-3-5-7-9-12;8*1-2/h30-35H,1-29H2;11-12H,3-6,8,10H2,1-2H3;8*1-2H2. The Morgan fingerprint density at radius 1 is 0.404 bits per heavy atom. The predicted octanol–water partition coefficient (Wildman–Crippen LogP) is 17.1. The van der Waals surface area contributed by atoms with Crippen molar-refractivity contribution in [3.05, 3.63) is 105 Å². The minimum Gasteiger partial charge on any atom is -0.449 e. The molecule has 0 spiro atoms. The highest BCUT2D eigenvalue weighted by Gasteiger charge is 2.22. The summed E-state index contributed by atoms with van der Waals surface area (Å²) in [6.45, 7) is 52.7. The second-order valence-corrected chi connectivity index (χ2v) is 26.2. The van der Waals surface area contributed by atoms with Crippen LogP contribution in [-0.2, 0) is 114 Å². The summed E-state index contributed by atoms with van der Waals surface area (Å²) in [5.74, 6) is 9.92. The number of esters is 1. The zero-order chi connectivity index (χ0) is 80.3. The zero-order valence-corrected chi connectivity index (χ0v) is 66.8. The summed E-state index contributed by atoms with van der Waals surface area (Å²) in [7, 11) is 0. The Bertz CT molecular complexity index is 1650. The molecule has 0 amide bonds. The van der Waals surface area contributed by atoms with Crippen LogP contribution < -0.4 is 0 Å². The lowest BCUT2D eigenvalue weighted by Gasteiger charge is -2.24. The van der Waals surface area contributed by atoms with Crippen molar-refractivity contribution in [2.45, 2.75) is 91.7 Å². The van der Waals surface area contributed by atoms with E-state index in [4.69, 9.17) is 52.1 Å². The van der Waals surface area contributed by atoms with Crippen LogP contribution in [0.15, 0.2) is 105 Å². The molecule has 0 bridgehead atoms. The van der Waals surface area contributed by atoms with Crippen molar-refractivity contribution in [1.29, 1.82) is 0 Å². The third kappa shape index (κ3) is 102. The first-order valence-corrected chi connectivity index (χ1v) is 39.2. The monoisotopic (exact) mass is 1680 g/mol. The molecule has 0 aromatic rings. The molecule has 0 saturated carbocycles. The number of ether oxygens (including phenoxy) is 11. The van der Waals surface area contributed by atoms with Crippen LogP contribution in [0.25, 0.3) is 0 Å². The lowest BCUT2D eigenvalue weighted by molar-refractivity contribution is -0.359. The summed E-state index contributed by atoms with van der Waals surface area (Å²) >= 11 is 8.39. The number of halogens is 8. The number of carbonyl (C=O) groups is 1. The van der Waals surface area contributed by atoms with Gasteiger partial charge in [-0.1, -0.05) is 32.1 Å². The van der Waals surface area contributed by atoms with Crippen molar-refractivity contribution in [2.24, 2.45) is 5.92 Å². The van der Waals surface area contributed by atoms with E-state index in [1.54, 1.807) is 47.0 Å². The van der Waals surface area contributed by atoms with Crippen LogP contribution in [0.2, 0.25) is 0 Å². The van der Waals surface area contributed by atoms with Gasteiger partial charge < -0.3 is 52.1 Å². The highest BCUT2D eigenvalue weighted by atomic mass is 32.2. The van der Waals surface area contributed by atoms with E-state index >= 15 is 0 Å². The predicted molar refractivity (Wildman–Crippen MR) is 408 cm³/mol. The van der Waals surface area contributed by atoms with Crippen LogP contribution in [0.5, 0.6) is 0 Å². The molecule has 24 nitrogen and oxygen atoms in total. The van der Waals surface area contributed by atoms with Crippen molar-refractivity contribution < 1.29 is 151 Å². The maximum atomic E-state index is 12.3. The SMILES string of the molecule is C=C.C=C.C=C.C=C.C=C.C=C.C=C.C=C.CC(C)CC(=O)OC1C#CCCCCC1.FOCCOCCSCC(COCC(COCOCC(COCC(CSOOF)SOOF)OCC(CSOOF)SOOF)OCC(CSCCOCCOF)SCCOCCOF)SCCOCCOF. The maximum Gasteiger partial charge on any atom is 0.307 e. The van der Waals surface area contributed by atoms with Crippen molar-refractivity contribution >= 4 is 101 Å². The topological polar surface area (TPSA) is 229 Å². The molecule has 7 atom stereocenters. The van der Waals surface area contributed by atoms with Gasteiger partial charge in [0.15, 0.2) is 6.10 Å². The van der Waals surface area contributed by atoms with E-state index in [9.17, 15) is 41.0 Å². The molecule has 0 aromatic heterocycles. The van der Waals surface area contributed by atoms with Gasteiger partial charge in [-0.05, 0) is 81.8 Å². The van der Waals surface area contributed by atoms with Crippen LogP contribution in [-0.4, -0.2) is 230 Å². The van der Waals surface area contributed by atoms with E-state index in [1.807, 2.05) is 13.8 Å². The number of carbonyl (C=O) groups excluding carboxylic acids is 1. The average Bonchev–Trinajstić information content (AvgIpc) is 1.59. The quantitative estimate of drug-likeness (QED) is 0.00634. The van der Waals surface area contributed by atoms with Gasteiger partial charge in [0.1, 0.15) is 45.4 Å². The fourth-order valence-corrected chi connectivity index (χ4v) is 12.7. The third-order valence-corrected chi connectivity index (χ3v) is 18.4. The normalized spacial score (nSPS) is 13.5. The summed E-state index contributed by atoms with van der Waals surface area (Å²) in [5, 5.41) is 10.9. The van der Waals surface area contributed by atoms with Crippen molar-refractivity contribution in [1.82, 2.24) is 0 Å². The summed E-state index contributed by atoms with van der Waals surface area (Å²) in [6, 6.07) is 0. The first-order chi connectivity index (χ1) is 51.2. The van der Waals surface area contributed by atoms with Crippen molar-refractivity contribution in [2.75, 3.05) is 185 Å². The molecule has 1 aliphatic carbocycles. The molecule has 104 heavy (non-hydrogen) atoms. The van der Waals surface area contributed by atoms with Crippen LogP contribution in [0, 0.1) is 17.8 Å². The summed E-state index contributed by atoms with van der Waals surface area (Å²) in [5.41, 5.74) is 0. The number of hydrogen-bond donors (Lipinski definition) is 0. The molecule has 7 unspecified atom stereocenters. The fraction of sp³-hybridized carbons (Fsp3) is 0.703. The molecule has 620 valence electrons. The van der Waals surface area contributed by atoms with Gasteiger partial charge in [0.2, 0.25) is 0 Å². The molecule has 0 aliphatic heterocycles. The molecule has 0 radical (unpaired) electrons. The Morgan fingerprint density at radius 2 is 0.769 bits per heavy atom. The van der Waals surface area contributed by atoms with E-state index in [1.165, 1.54) is 12.8 Å². The van der Waals surface area contributed by atoms with Crippen molar-refractivity contribution in [3.8, 4) is 11.8 Å². The molecular weight excluding hydrogens is 1560 g/mol. The number of thioether (sulfide) groups is 4. The highest BCUT2D eigenvalue weighted by Crippen LogP contribution is 2.24.